The molecule has 0 bridgehead atoms. The van der Waals surface area contributed by atoms with Crippen LogP contribution in [0, 0.1) is 17.8 Å². The van der Waals surface area contributed by atoms with Crippen LogP contribution in [-0.4, -0.2) is 55.3 Å². The van der Waals surface area contributed by atoms with Crippen molar-refractivity contribution in [3.63, 3.8) is 0 Å². The molecule has 5 nitrogen and oxygen atoms in total. The average molecular weight is 357 g/mol. The predicted octanol–water partition coefficient (Wildman–Crippen LogP) is 2.62. The van der Waals surface area contributed by atoms with Gasteiger partial charge in [-0.25, -0.2) is 0 Å². The first-order valence-corrected chi connectivity index (χ1v) is 9.74. The molecule has 142 valence electrons. The number of anilines is 1. The number of aryl methyl sites for hydroxylation is 1. The van der Waals surface area contributed by atoms with Crippen LogP contribution in [0.25, 0.3) is 0 Å². The second-order valence-electron chi connectivity index (χ2n) is 8.19. The Morgan fingerprint density at radius 3 is 2.54 bits per heavy atom. The lowest BCUT2D eigenvalue weighted by molar-refractivity contribution is -0.127. The van der Waals surface area contributed by atoms with Crippen LogP contribution in [0.5, 0.6) is 0 Å². The molecule has 3 rings (SSSR count). The van der Waals surface area contributed by atoms with Crippen LogP contribution < -0.4 is 5.32 Å². The van der Waals surface area contributed by atoms with E-state index < -0.39 is 0 Å². The van der Waals surface area contributed by atoms with Crippen molar-refractivity contribution in [2.24, 2.45) is 17.8 Å². The molecule has 0 spiro atoms. The minimum absolute atomic E-state index is 0.0450. The Morgan fingerprint density at radius 2 is 1.92 bits per heavy atom. The summed E-state index contributed by atoms with van der Waals surface area (Å²) in [6, 6.07) is 8.18. The normalized spacial score (nSPS) is 27.0. The van der Waals surface area contributed by atoms with Crippen molar-refractivity contribution in [2.45, 2.75) is 32.6 Å². The highest BCUT2D eigenvalue weighted by molar-refractivity contribution is 5.97. The zero-order valence-corrected chi connectivity index (χ0v) is 16.2. The lowest BCUT2D eigenvalue weighted by atomic mass is 9.83. The molecule has 2 aliphatic heterocycles. The van der Waals surface area contributed by atoms with Gasteiger partial charge in [-0.05, 0) is 62.4 Å². The fraction of sp³-hybridized carbons (Fsp3) is 0.619. The van der Waals surface area contributed by atoms with Crippen LogP contribution in [0.4, 0.5) is 5.69 Å². The standard InChI is InChI=1S/C21H31N3O2/c1-15-13-23(2)11-10-17(15)7-4-16-5-8-19(9-6-16)22-21(26)18-12-20(25)24(3)14-18/h5-6,8-9,15,17-18H,4,7,10-14H2,1-3H3,(H,22,26)/t15-,17-,18+/m1/s1. The van der Waals surface area contributed by atoms with Gasteiger partial charge in [0.15, 0.2) is 0 Å². The van der Waals surface area contributed by atoms with Crippen LogP contribution in [0.1, 0.15) is 31.7 Å². The molecule has 3 atom stereocenters. The van der Waals surface area contributed by atoms with E-state index in [1.54, 1.807) is 11.9 Å². The molecule has 1 aromatic rings. The van der Waals surface area contributed by atoms with Gasteiger partial charge in [0.2, 0.25) is 11.8 Å². The van der Waals surface area contributed by atoms with Crippen LogP contribution in [0.2, 0.25) is 0 Å². The Balaban J connectivity index is 1.47. The van der Waals surface area contributed by atoms with Crippen molar-refractivity contribution in [3.05, 3.63) is 29.8 Å². The first-order valence-electron chi connectivity index (χ1n) is 9.74. The second kappa shape index (κ2) is 8.21. The maximum Gasteiger partial charge on any atom is 0.229 e. The quantitative estimate of drug-likeness (QED) is 0.881. The van der Waals surface area contributed by atoms with Crippen LogP contribution in [-0.2, 0) is 16.0 Å². The number of hydrogen-bond acceptors (Lipinski definition) is 3. The minimum Gasteiger partial charge on any atom is -0.345 e. The van der Waals surface area contributed by atoms with Crippen LogP contribution >= 0.6 is 0 Å². The predicted molar refractivity (Wildman–Crippen MR) is 104 cm³/mol. The monoisotopic (exact) mass is 357 g/mol. The molecule has 2 fully saturated rings. The summed E-state index contributed by atoms with van der Waals surface area (Å²) >= 11 is 0. The number of rotatable bonds is 5. The first-order chi connectivity index (χ1) is 12.4. The fourth-order valence-electron chi connectivity index (χ4n) is 4.22. The fourth-order valence-corrected chi connectivity index (χ4v) is 4.22. The molecule has 0 saturated carbocycles. The molecule has 2 amide bonds. The van der Waals surface area contributed by atoms with E-state index in [-0.39, 0.29) is 17.7 Å². The number of amides is 2. The van der Waals surface area contributed by atoms with E-state index in [4.69, 9.17) is 0 Å². The van der Waals surface area contributed by atoms with E-state index in [9.17, 15) is 9.59 Å². The average Bonchev–Trinajstić information content (AvgIpc) is 2.95. The van der Waals surface area contributed by atoms with Gasteiger partial charge in [0, 0.05) is 32.2 Å². The van der Waals surface area contributed by atoms with Gasteiger partial charge in [-0.1, -0.05) is 19.1 Å². The molecule has 1 aromatic carbocycles. The van der Waals surface area contributed by atoms with Crippen LogP contribution in [0.3, 0.4) is 0 Å². The topological polar surface area (TPSA) is 52.7 Å². The second-order valence-corrected chi connectivity index (χ2v) is 8.19. The highest BCUT2D eigenvalue weighted by Crippen LogP contribution is 2.27. The number of carbonyl (C=O) groups excluding carboxylic acids is 2. The molecule has 2 saturated heterocycles. The molecule has 1 N–H and O–H groups in total. The molecule has 2 aliphatic rings. The summed E-state index contributed by atoms with van der Waals surface area (Å²) in [7, 11) is 3.95. The lowest BCUT2D eigenvalue weighted by Gasteiger charge is -2.34. The van der Waals surface area contributed by atoms with Gasteiger partial charge in [0.1, 0.15) is 0 Å². The zero-order chi connectivity index (χ0) is 18.7. The van der Waals surface area contributed by atoms with E-state index >= 15 is 0 Å². The number of hydrogen-bond donors (Lipinski definition) is 1. The Bertz CT molecular complexity index is 643. The van der Waals surface area contributed by atoms with E-state index in [0.717, 1.165) is 23.9 Å². The van der Waals surface area contributed by atoms with Gasteiger partial charge in [-0.3, -0.25) is 9.59 Å². The van der Waals surface area contributed by atoms with E-state index in [1.165, 1.54) is 31.5 Å². The number of likely N-dealkylation sites (tertiary alicyclic amines) is 2. The highest BCUT2D eigenvalue weighted by atomic mass is 16.2. The SMILES string of the molecule is C[C@@H]1CN(C)CC[C@H]1CCc1ccc(NC(=O)[C@H]2CC(=O)N(C)C2)cc1. The number of benzene rings is 1. The van der Waals surface area contributed by atoms with Crippen molar-refractivity contribution < 1.29 is 9.59 Å². The van der Waals surface area contributed by atoms with E-state index in [0.29, 0.717) is 13.0 Å². The molecule has 2 heterocycles. The van der Waals surface area contributed by atoms with E-state index in [2.05, 4.69) is 36.3 Å². The van der Waals surface area contributed by atoms with Crippen molar-refractivity contribution in [1.29, 1.82) is 0 Å². The number of piperidine rings is 1. The van der Waals surface area contributed by atoms with Gasteiger partial charge in [0.05, 0.1) is 5.92 Å². The lowest BCUT2D eigenvalue weighted by Crippen LogP contribution is -2.36. The highest BCUT2D eigenvalue weighted by Gasteiger charge is 2.32. The summed E-state index contributed by atoms with van der Waals surface area (Å²) in [6.07, 6.45) is 3.93. The summed E-state index contributed by atoms with van der Waals surface area (Å²) in [4.78, 5) is 27.9. The largest absolute Gasteiger partial charge is 0.345 e. The minimum atomic E-state index is -0.238. The zero-order valence-electron chi connectivity index (χ0n) is 16.2. The third kappa shape index (κ3) is 4.64. The summed E-state index contributed by atoms with van der Waals surface area (Å²) in [5, 5.41) is 2.95. The molecule has 0 aliphatic carbocycles. The Hall–Kier alpha value is -1.88. The summed E-state index contributed by atoms with van der Waals surface area (Å²) in [5.41, 5.74) is 2.14. The molecule has 0 radical (unpaired) electrons. The molecular weight excluding hydrogens is 326 g/mol. The van der Waals surface area contributed by atoms with Crippen LogP contribution in [0.15, 0.2) is 24.3 Å². The third-order valence-electron chi connectivity index (χ3n) is 6.02. The van der Waals surface area contributed by atoms with Gasteiger partial charge >= 0.3 is 0 Å². The smallest absolute Gasteiger partial charge is 0.229 e. The molecule has 0 unspecified atom stereocenters. The van der Waals surface area contributed by atoms with E-state index in [1.807, 2.05) is 12.1 Å². The maximum atomic E-state index is 12.3. The van der Waals surface area contributed by atoms with Crippen molar-refractivity contribution in [2.75, 3.05) is 39.0 Å². The Morgan fingerprint density at radius 1 is 1.19 bits per heavy atom. The number of carbonyl (C=O) groups is 2. The summed E-state index contributed by atoms with van der Waals surface area (Å²) in [6.45, 7) is 5.29. The third-order valence-corrected chi connectivity index (χ3v) is 6.02. The Labute approximate surface area is 156 Å². The molecular formula is C21H31N3O2. The number of nitrogens with one attached hydrogen (secondary N) is 1. The van der Waals surface area contributed by atoms with Crippen molar-refractivity contribution >= 4 is 17.5 Å². The molecule has 0 aromatic heterocycles. The molecule has 5 heteroatoms. The Kier molecular flexibility index (Phi) is 5.97. The maximum absolute atomic E-state index is 12.3. The van der Waals surface area contributed by atoms with Gasteiger partial charge in [0.25, 0.3) is 0 Å². The summed E-state index contributed by atoms with van der Waals surface area (Å²) in [5.74, 6) is 1.32. The first kappa shape index (κ1) is 18.9. The van der Waals surface area contributed by atoms with Gasteiger partial charge in [-0.15, -0.1) is 0 Å². The number of nitrogens with zero attached hydrogens (tertiary/aromatic N) is 2. The molecule has 26 heavy (non-hydrogen) atoms. The van der Waals surface area contributed by atoms with Crippen molar-refractivity contribution in [1.82, 2.24) is 9.80 Å². The van der Waals surface area contributed by atoms with Gasteiger partial charge < -0.3 is 15.1 Å². The van der Waals surface area contributed by atoms with Gasteiger partial charge in [-0.2, -0.15) is 0 Å². The summed E-state index contributed by atoms with van der Waals surface area (Å²) < 4.78 is 0. The van der Waals surface area contributed by atoms with Crippen molar-refractivity contribution in [3.8, 4) is 0 Å².